The standard InChI is InChI=1S/C12H17F7/c1-4-8(13)7-9(14,5-2)12(18,19)10(15,6-3)11(8,16)17/h4-7H2,1-3H3. The number of halogens is 7. The van der Waals surface area contributed by atoms with Gasteiger partial charge in [0.2, 0.25) is 5.67 Å². The third-order valence-electron chi connectivity index (χ3n) is 4.29. The molecule has 114 valence electrons. The quantitative estimate of drug-likeness (QED) is 0.641. The molecule has 0 aromatic heterocycles. The SMILES string of the molecule is CCC1(F)CC(F)(CC)C(F)(F)C(F)(CC)C1(F)F. The second kappa shape index (κ2) is 4.25. The Balaban J connectivity index is 3.56. The summed E-state index contributed by atoms with van der Waals surface area (Å²) in [5, 5.41) is 0. The lowest BCUT2D eigenvalue weighted by atomic mass is 9.62. The third kappa shape index (κ3) is 1.65. The van der Waals surface area contributed by atoms with Crippen LogP contribution in [0.1, 0.15) is 46.5 Å². The van der Waals surface area contributed by atoms with Gasteiger partial charge in [-0.15, -0.1) is 0 Å². The lowest BCUT2D eigenvalue weighted by Gasteiger charge is -2.54. The molecule has 1 saturated carbocycles. The molecule has 0 heterocycles. The molecule has 0 radical (unpaired) electrons. The van der Waals surface area contributed by atoms with E-state index in [-0.39, 0.29) is 0 Å². The molecule has 1 aliphatic rings. The Bertz CT molecular complexity index is 326. The van der Waals surface area contributed by atoms with Crippen LogP contribution >= 0.6 is 0 Å². The van der Waals surface area contributed by atoms with Crippen molar-refractivity contribution in [3.8, 4) is 0 Å². The summed E-state index contributed by atoms with van der Waals surface area (Å²) in [5.41, 5.74) is -11.8. The van der Waals surface area contributed by atoms with Crippen molar-refractivity contribution >= 4 is 0 Å². The van der Waals surface area contributed by atoms with E-state index < -0.39 is 54.5 Å². The van der Waals surface area contributed by atoms with Crippen LogP contribution in [0, 0.1) is 0 Å². The summed E-state index contributed by atoms with van der Waals surface area (Å²) in [6, 6.07) is 0. The largest absolute Gasteiger partial charge is 0.320 e. The minimum absolute atomic E-state index is 0.735. The highest BCUT2D eigenvalue weighted by atomic mass is 19.3. The molecule has 0 saturated heterocycles. The molecule has 0 N–H and O–H groups in total. The fraction of sp³-hybridized carbons (Fsp3) is 1.00. The fourth-order valence-corrected chi connectivity index (χ4v) is 2.71. The average molecular weight is 294 g/mol. The molecular formula is C12H17F7. The van der Waals surface area contributed by atoms with Crippen LogP contribution in [0.2, 0.25) is 0 Å². The van der Waals surface area contributed by atoms with Crippen LogP contribution in [0.3, 0.4) is 0 Å². The van der Waals surface area contributed by atoms with E-state index in [1.165, 1.54) is 0 Å². The summed E-state index contributed by atoms with van der Waals surface area (Å²) in [4.78, 5) is 0. The smallest absolute Gasteiger partial charge is 0.237 e. The number of hydrogen-bond acceptors (Lipinski definition) is 0. The molecule has 0 aromatic carbocycles. The predicted molar refractivity (Wildman–Crippen MR) is 56.9 cm³/mol. The Labute approximate surface area is 107 Å². The van der Waals surface area contributed by atoms with Gasteiger partial charge in [0.25, 0.3) is 0 Å². The van der Waals surface area contributed by atoms with Crippen molar-refractivity contribution in [1.82, 2.24) is 0 Å². The highest BCUT2D eigenvalue weighted by molar-refractivity contribution is 5.24. The zero-order valence-electron chi connectivity index (χ0n) is 11.0. The average Bonchev–Trinajstić information content (AvgIpc) is 2.35. The molecule has 0 amide bonds. The Morgan fingerprint density at radius 2 is 0.947 bits per heavy atom. The van der Waals surface area contributed by atoms with E-state index >= 15 is 0 Å². The third-order valence-corrected chi connectivity index (χ3v) is 4.29. The lowest BCUT2D eigenvalue weighted by molar-refractivity contribution is -0.366. The topological polar surface area (TPSA) is 0 Å². The maximum Gasteiger partial charge on any atom is 0.320 e. The first kappa shape index (κ1) is 16.6. The normalized spacial score (nSPS) is 45.2. The molecule has 2 unspecified atom stereocenters. The van der Waals surface area contributed by atoms with E-state index in [9.17, 15) is 30.7 Å². The zero-order chi connectivity index (χ0) is 15.3. The van der Waals surface area contributed by atoms with Crippen molar-refractivity contribution in [3.63, 3.8) is 0 Å². The fourth-order valence-electron chi connectivity index (χ4n) is 2.71. The van der Waals surface area contributed by atoms with Crippen molar-refractivity contribution < 1.29 is 30.7 Å². The molecule has 1 fully saturated rings. The van der Waals surface area contributed by atoms with Gasteiger partial charge in [0.05, 0.1) is 0 Å². The lowest BCUT2D eigenvalue weighted by Crippen LogP contribution is -2.76. The Morgan fingerprint density at radius 3 is 1.16 bits per heavy atom. The van der Waals surface area contributed by atoms with Crippen molar-refractivity contribution in [3.05, 3.63) is 0 Å². The molecule has 7 heteroatoms. The van der Waals surface area contributed by atoms with E-state index in [1.807, 2.05) is 0 Å². The van der Waals surface area contributed by atoms with Gasteiger partial charge in [-0.25, -0.2) is 13.2 Å². The minimum atomic E-state index is -4.95. The van der Waals surface area contributed by atoms with Crippen LogP contribution in [0.5, 0.6) is 0 Å². The van der Waals surface area contributed by atoms with Gasteiger partial charge in [-0.05, 0) is 19.3 Å². The number of hydrogen-bond donors (Lipinski definition) is 0. The second-order valence-electron chi connectivity index (χ2n) is 5.12. The van der Waals surface area contributed by atoms with Crippen LogP contribution in [0.25, 0.3) is 0 Å². The van der Waals surface area contributed by atoms with Gasteiger partial charge in [0, 0.05) is 6.42 Å². The first-order chi connectivity index (χ1) is 8.39. The summed E-state index contributed by atoms with van der Waals surface area (Å²) >= 11 is 0. The van der Waals surface area contributed by atoms with E-state index in [0.717, 1.165) is 20.8 Å². The van der Waals surface area contributed by atoms with E-state index in [1.54, 1.807) is 0 Å². The maximum absolute atomic E-state index is 14.2. The molecule has 0 spiro atoms. The van der Waals surface area contributed by atoms with E-state index in [4.69, 9.17) is 0 Å². The molecular weight excluding hydrogens is 277 g/mol. The van der Waals surface area contributed by atoms with Gasteiger partial charge in [-0.2, -0.15) is 17.6 Å². The molecule has 1 rings (SSSR count). The van der Waals surface area contributed by atoms with Crippen LogP contribution in [-0.2, 0) is 0 Å². The van der Waals surface area contributed by atoms with Crippen LogP contribution in [0.15, 0.2) is 0 Å². The molecule has 0 aromatic rings. The maximum atomic E-state index is 14.2. The Hall–Kier alpha value is -0.490. The number of alkyl halides is 7. The van der Waals surface area contributed by atoms with Gasteiger partial charge < -0.3 is 0 Å². The monoisotopic (exact) mass is 294 g/mol. The predicted octanol–water partition coefficient (Wildman–Crippen LogP) is 5.02. The summed E-state index contributed by atoms with van der Waals surface area (Å²) < 4.78 is 98.2. The van der Waals surface area contributed by atoms with Gasteiger partial charge in [0.15, 0.2) is 11.3 Å². The molecule has 19 heavy (non-hydrogen) atoms. The molecule has 0 nitrogen and oxygen atoms in total. The summed E-state index contributed by atoms with van der Waals surface area (Å²) in [7, 11) is 0. The van der Waals surface area contributed by atoms with Crippen molar-refractivity contribution in [1.29, 1.82) is 0 Å². The summed E-state index contributed by atoms with van der Waals surface area (Å²) in [6.07, 6.45) is -4.95. The first-order valence-corrected chi connectivity index (χ1v) is 6.21. The van der Waals surface area contributed by atoms with Crippen molar-refractivity contribution in [2.45, 2.75) is 75.3 Å². The molecule has 1 aliphatic carbocycles. The first-order valence-electron chi connectivity index (χ1n) is 6.21. The van der Waals surface area contributed by atoms with Gasteiger partial charge in [-0.3, -0.25) is 0 Å². The molecule has 0 aliphatic heterocycles. The molecule has 2 atom stereocenters. The van der Waals surface area contributed by atoms with Crippen LogP contribution in [0.4, 0.5) is 30.7 Å². The summed E-state index contributed by atoms with van der Waals surface area (Å²) in [6.45, 7) is 2.66. The Kier molecular flexibility index (Phi) is 3.71. The van der Waals surface area contributed by atoms with Crippen molar-refractivity contribution in [2.24, 2.45) is 0 Å². The van der Waals surface area contributed by atoms with Gasteiger partial charge in [0.1, 0.15) is 0 Å². The van der Waals surface area contributed by atoms with Gasteiger partial charge >= 0.3 is 11.8 Å². The minimum Gasteiger partial charge on any atom is -0.237 e. The van der Waals surface area contributed by atoms with Gasteiger partial charge in [-0.1, -0.05) is 20.8 Å². The second-order valence-corrected chi connectivity index (χ2v) is 5.12. The van der Waals surface area contributed by atoms with Crippen LogP contribution in [-0.4, -0.2) is 28.9 Å². The summed E-state index contributed by atoms with van der Waals surface area (Å²) in [5.74, 6) is -9.89. The highest BCUT2D eigenvalue weighted by Gasteiger charge is 2.86. The van der Waals surface area contributed by atoms with Crippen molar-refractivity contribution in [2.75, 3.05) is 0 Å². The van der Waals surface area contributed by atoms with E-state index in [2.05, 4.69) is 0 Å². The Morgan fingerprint density at radius 1 is 0.632 bits per heavy atom. The van der Waals surface area contributed by atoms with Crippen LogP contribution < -0.4 is 0 Å². The molecule has 0 bridgehead atoms. The highest BCUT2D eigenvalue weighted by Crippen LogP contribution is 2.65. The zero-order valence-corrected chi connectivity index (χ0v) is 11.0. The number of rotatable bonds is 3. The van der Waals surface area contributed by atoms with E-state index in [0.29, 0.717) is 0 Å².